The van der Waals surface area contributed by atoms with Crippen LogP contribution in [0.5, 0.6) is 0 Å². The van der Waals surface area contributed by atoms with Crippen LogP contribution in [-0.2, 0) is 0 Å². The second-order valence-electron chi connectivity index (χ2n) is 4.44. The van der Waals surface area contributed by atoms with Gasteiger partial charge in [0.15, 0.2) is 0 Å². The van der Waals surface area contributed by atoms with Gasteiger partial charge in [-0.25, -0.2) is 0 Å². The zero-order valence-corrected chi connectivity index (χ0v) is 12.4. The lowest BCUT2D eigenvalue weighted by molar-refractivity contribution is 0.102. The fraction of sp³-hybridized carbons (Fsp3) is 0.133. The smallest absolute Gasteiger partial charge is 0.255 e. The molecule has 0 fully saturated rings. The maximum atomic E-state index is 12.2. The Morgan fingerprint density at radius 1 is 1.21 bits per heavy atom. The highest BCUT2D eigenvalue weighted by molar-refractivity contribution is 9.10. The molecule has 4 heteroatoms. The maximum Gasteiger partial charge on any atom is 0.255 e. The molecule has 0 aliphatic carbocycles. The van der Waals surface area contributed by atoms with E-state index in [1.54, 1.807) is 12.1 Å². The van der Waals surface area contributed by atoms with E-state index in [9.17, 15) is 4.79 Å². The van der Waals surface area contributed by atoms with Crippen molar-refractivity contribution in [3.05, 3.63) is 57.6 Å². The van der Waals surface area contributed by atoms with E-state index in [2.05, 4.69) is 21.2 Å². The lowest BCUT2D eigenvalue weighted by atomic mass is 10.1. The van der Waals surface area contributed by atoms with Crippen LogP contribution in [0.25, 0.3) is 0 Å². The Morgan fingerprint density at radius 3 is 2.63 bits per heavy atom. The second kappa shape index (κ2) is 5.45. The van der Waals surface area contributed by atoms with E-state index < -0.39 is 0 Å². The van der Waals surface area contributed by atoms with Gasteiger partial charge in [0.2, 0.25) is 0 Å². The van der Waals surface area contributed by atoms with Crippen LogP contribution in [-0.4, -0.2) is 5.91 Å². The van der Waals surface area contributed by atoms with Gasteiger partial charge in [-0.3, -0.25) is 4.79 Å². The van der Waals surface area contributed by atoms with Crippen molar-refractivity contribution in [3.8, 4) is 0 Å². The van der Waals surface area contributed by atoms with Gasteiger partial charge in [-0.15, -0.1) is 0 Å². The molecule has 0 saturated carbocycles. The number of amides is 1. The summed E-state index contributed by atoms with van der Waals surface area (Å²) in [5.41, 5.74) is 9.82. The first-order valence-corrected chi connectivity index (χ1v) is 6.71. The molecule has 19 heavy (non-hydrogen) atoms. The highest BCUT2D eigenvalue weighted by Crippen LogP contribution is 2.26. The molecule has 2 aromatic rings. The number of nitrogens with two attached hydrogens (primary N) is 1. The van der Waals surface area contributed by atoms with Crippen LogP contribution >= 0.6 is 15.9 Å². The van der Waals surface area contributed by atoms with Gasteiger partial charge in [-0.05, 0) is 49.2 Å². The van der Waals surface area contributed by atoms with Crippen molar-refractivity contribution in [2.75, 3.05) is 11.1 Å². The molecule has 0 bridgehead atoms. The summed E-state index contributed by atoms with van der Waals surface area (Å²) in [6.07, 6.45) is 0. The Hall–Kier alpha value is -1.81. The van der Waals surface area contributed by atoms with Crippen molar-refractivity contribution in [3.63, 3.8) is 0 Å². The van der Waals surface area contributed by atoms with E-state index in [1.165, 1.54) is 0 Å². The van der Waals surface area contributed by atoms with Crippen molar-refractivity contribution in [1.82, 2.24) is 0 Å². The predicted octanol–water partition coefficient (Wildman–Crippen LogP) is 3.90. The molecule has 0 radical (unpaired) electrons. The van der Waals surface area contributed by atoms with Crippen LogP contribution in [0, 0.1) is 13.8 Å². The van der Waals surface area contributed by atoms with Crippen LogP contribution in [0.2, 0.25) is 0 Å². The maximum absolute atomic E-state index is 12.2. The number of carbonyl (C=O) groups is 1. The standard InChI is InChI=1S/C15H15BrN2O/c1-9-6-7-13(17)10(2)14(9)18-15(19)11-4-3-5-12(16)8-11/h3-8H,17H2,1-2H3,(H,18,19). The van der Waals surface area contributed by atoms with Gasteiger partial charge in [-0.1, -0.05) is 28.1 Å². The molecule has 98 valence electrons. The number of nitrogen functional groups attached to an aromatic ring is 1. The second-order valence-corrected chi connectivity index (χ2v) is 5.35. The lowest BCUT2D eigenvalue weighted by Gasteiger charge is -2.13. The molecule has 0 spiro atoms. The summed E-state index contributed by atoms with van der Waals surface area (Å²) < 4.78 is 0.876. The molecule has 3 nitrogen and oxygen atoms in total. The quantitative estimate of drug-likeness (QED) is 0.825. The van der Waals surface area contributed by atoms with Gasteiger partial charge in [0.05, 0.1) is 0 Å². The molecule has 0 saturated heterocycles. The summed E-state index contributed by atoms with van der Waals surface area (Å²) >= 11 is 3.36. The number of halogens is 1. The molecular formula is C15H15BrN2O. The zero-order valence-electron chi connectivity index (χ0n) is 10.8. The van der Waals surface area contributed by atoms with Crippen molar-refractivity contribution in [2.45, 2.75) is 13.8 Å². The monoisotopic (exact) mass is 318 g/mol. The fourth-order valence-corrected chi connectivity index (χ4v) is 2.27. The number of hydrogen-bond donors (Lipinski definition) is 2. The third-order valence-electron chi connectivity index (χ3n) is 3.04. The third kappa shape index (κ3) is 2.96. The van der Waals surface area contributed by atoms with Crippen molar-refractivity contribution >= 4 is 33.2 Å². The summed E-state index contributed by atoms with van der Waals surface area (Å²) in [7, 11) is 0. The first-order valence-electron chi connectivity index (χ1n) is 5.91. The number of carbonyl (C=O) groups excluding carboxylic acids is 1. The van der Waals surface area contributed by atoms with E-state index in [4.69, 9.17) is 5.73 Å². The predicted molar refractivity (Wildman–Crippen MR) is 82.4 cm³/mol. The Morgan fingerprint density at radius 2 is 1.95 bits per heavy atom. The van der Waals surface area contributed by atoms with Crippen LogP contribution in [0.4, 0.5) is 11.4 Å². The zero-order chi connectivity index (χ0) is 14.0. The molecule has 0 unspecified atom stereocenters. The van der Waals surface area contributed by atoms with Gasteiger partial charge in [0.1, 0.15) is 0 Å². The highest BCUT2D eigenvalue weighted by atomic mass is 79.9. The number of benzene rings is 2. The molecule has 0 atom stereocenters. The first kappa shape index (κ1) is 13.6. The van der Waals surface area contributed by atoms with E-state index >= 15 is 0 Å². The summed E-state index contributed by atoms with van der Waals surface area (Å²) in [6.45, 7) is 3.85. The van der Waals surface area contributed by atoms with E-state index in [-0.39, 0.29) is 5.91 Å². The summed E-state index contributed by atoms with van der Waals surface area (Å²) in [5.74, 6) is -0.141. The molecule has 2 rings (SSSR count). The molecular weight excluding hydrogens is 304 g/mol. The van der Waals surface area contributed by atoms with Crippen molar-refractivity contribution < 1.29 is 4.79 Å². The molecule has 0 heterocycles. The van der Waals surface area contributed by atoms with Gasteiger partial charge >= 0.3 is 0 Å². The number of rotatable bonds is 2. The molecule has 0 aromatic heterocycles. The van der Waals surface area contributed by atoms with Crippen LogP contribution in [0.3, 0.4) is 0 Å². The van der Waals surface area contributed by atoms with Gasteiger partial charge in [0, 0.05) is 21.4 Å². The van der Waals surface area contributed by atoms with Crippen LogP contribution < -0.4 is 11.1 Å². The average Bonchev–Trinajstić information content (AvgIpc) is 2.39. The highest BCUT2D eigenvalue weighted by Gasteiger charge is 2.11. The van der Waals surface area contributed by atoms with E-state index in [0.29, 0.717) is 11.3 Å². The van der Waals surface area contributed by atoms with Crippen LogP contribution in [0.15, 0.2) is 40.9 Å². The Balaban J connectivity index is 2.32. The topological polar surface area (TPSA) is 55.1 Å². The normalized spacial score (nSPS) is 10.3. The minimum atomic E-state index is -0.141. The SMILES string of the molecule is Cc1ccc(N)c(C)c1NC(=O)c1cccc(Br)c1. The Bertz CT molecular complexity index is 638. The van der Waals surface area contributed by atoms with E-state index in [1.807, 2.05) is 38.1 Å². The molecule has 0 aliphatic rings. The molecule has 2 aromatic carbocycles. The van der Waals surface area contributed by atoms with Gasteiger partial charge in [-0.2, -0.15) is 0 Å². The lowest BCUT2D eigenvalue weighted by Crippen LogP contribution is -2.14. The minimum absolute atomic E-state index is 0.141. The molecule has 0 aliphatic heterocycles. The first-order chi connectivity index (χ1) is 8.99. The van der Waals surface area contributed by atoms with Gasteiger partial charge in [0.25, 0.3) is 5.91 Å². The summed E-state index contributed by atoms with van der Waals surface area (Å²) in [6, 6.07) is 11.0. The summed E-state index contributed by atoms with van der Waals surface area (Å²) in [4.78, 5) is 12.2. The Kier molecular flexibility index (Phi) is 3.90. The van der Waals surface area contributed by atoms with E-state index in [0.717, 1.165) is 21.3 Å². The minimum Gasteiger partial charge on any atom is -0.398 e. The van der Waals surface area contributed by atoms with Gasteiger partial charge < -0.3 is 11.1 Å². The third-order valence-corrected chi connectivity index (χ3v) is 3.53. The van der Waals surface area contributed by atoms with Crippen LogP contribution in [0.1, 0.15) is 21.5 Å². The summed E-state index contributed by atoms with van der Waals surface area (Å²) in [5, 5.41) is 2.92. The molecule has 3 N–H and O–H groups in total. The fourth-order valence-electron chi connectivity index (χ4n) is 1.87. The van der Waals surface area contributed by atoms with Crippen molar-refractivity contribution in [1.29, 1.82) is 0 Å². The largest absolute Gasteiger partial charge is 0.398 e. The number of anilines is 2. The number of aryl methyl sites for hydroxylation is 1. The average molecular weight is 319 g/mol. The Labute approximate surface area is 121 Å². The van der Waals surface area contributed by atoms with Crippen molar-refractivity contribution in [2.24, 2.45) is 0 Å². The molecule has 1 amide bonds. The number of nitrogens with one attached hydrogen (secondary N) is 1. The number of hydrogen-bond acceptors (Lipinski definition) is 2.